The average molecular weight is 354 g/mol. The molecule has 5 heteroatoms. The van der Waals surface area contributed by atoms with Crippen LogP contribution in [0.3, 0.4) is 0 Å². The van der Waals surface area contributed by atoms with Gasteiger partial charge in [-0.3, -0.25) is 0 Å². The smallest absolute Gasteiger partial charge is 0.161 e. The van der Waals surface area contributed by atoms with E-state index in [1.54, 1.807) is 13.2 Å². The Balaban J connectivity index is 0.00000264. The lowest BCUT2D eigenvalue weighted by Crippen LogP contribution is -2.13. The molecule has 0 unspecified atom stereocenters. The number of ether oxygens (including phenoxy) is 2. The minimum Gasteiger partial charge on any atom is -0.493 e. The summed E-state index contributed by atoms with van der Waals surface area (Å²) in [6, 6.07) is 13.7. The Hall–Kier alpha value is -1.68. The molecule has 3 nitrogen and oxygen atoms in total. The predicted octanol–water partition coefficient (Wildman–Crippen LogP) is 4.63. The van der Waals surface area contributed by atoms with Crippen molar-refractivity contribution in [3.8, 4) is 11.5 Å². The summed E-state index contributed by atoms with van der Waals surface area (Å²) in [5.74, 6) is 1.44. The van der Waals surface area contributed by atoms with Crippen molar-refractivity contribution in [2.24, 2.45) is 0 Å². The van der Waals surface area contributed by atoms with Crippen LogP contribution in [0.15, 0.2) is 55.1 Å². The summed E-state index contributed by atoms with van der Waals surface area (Å²) in [5, 5.41) is 4.15. The second-order valence-corrected chi connectivity index (χ2v) is 5.19. The molecule has 0 aliphatic heterocycles. The molecule has 23 heavy (non-hydrogen) atoms. The van der Waals surface area contributed by atoms with Crippen molar-refractivity contribution in [1.82, 2.24) is 5.32 Å². The van der Waals surface area contributed by atoms with E-state index in [2.05, 4.69) is 11.9 Å². The van der Waals surface area contributed by atoms with E-state index >= 15 is 0 Å². The van der Waals surface area contributed by atoms with E-state index < -0.39 is 0 Å². The average Bonchev–Trinajstić information content (AvgIpc) is 2.55. The zero-order chi connectivity index (χ0) is 15.8. The maximum Gasteiger partial charge on any atom is 0.161 e. The van der Waals surface area contributed by atoms with Crippen LogP contribution in [0, 0.1) is 0 Å². The van der Waals surface area contributed by atoms with E-state index in [-0.39, 0.29) is 12.4 Å². The third kappa shape index (κ3) is 5.79. The Morgan fingerprint density at radius 3 is 2.61 bits per heavy atom. The number of halogens is 2. The summed E-state index contributed by atoms with van der Waals surface area (Å²) in [6.07, 6.45) is 1.71. The van der Waals surface area contributed by atoms with E-state index in [1.165, 1.54) is 0 Å². The second kappa shape index (κ2) is 10.2. The van der Waals surface area contributed by atoms with Crippen molar-refractivity contribution < 1.29 is 9.47 Å². The zero-order valence-corrected chi connectivity index (χ0v) is 14.6. The summed E-state index contributed by atoms with van der Waals surface area (Å²) < 4.78 is 10.9. The van der Waals surface area contributed by atoms with Crippen LogP contribution in [-0.2, 0) is 13.1 Å². The van der Waals surface area contributed by atoms with Gasteiger partial charge in [-0.25, -0.2) is 0 Å². The standard InChI is InChI=1S/C18H20ClNO2.ClH/c1-3-10-22-17-9-8-14(11-18(17)21-2)12-20-13-15-6-4-5-7-16(15)19;/h3-9,11,20H,1,10,12-13H2,2H3;1H. The van der Waals surface area contributed by atoms with Crippen molar-refractivity contribution in [3.63, 3.8) is 0 Å². The van der Waals surface area contributed by atoms with Crippen molar-refractivity contribution in [2.75, 3.05) is 13.7 Å². The maximum absolute atomic E-state index is 6.14. The molecule has 2 aromatic rings. The van der Waals surface area contributed by atoms with Crippen molar-refractivity contribution >= 4 is 24.0 Å². The lowest BCUT2D eigenvalue weighted by atomic mass is 10.2. The molecular weight excluding hydrogens is 333 g/mol. The molecule has 0 radical (unpaired) electrons. The lowest BCUT2D eigenvalue weighted by molar-refractivity contribution is 0.326. The third-order valence-corrected chi connectivity index (χ3v) is 3.56. The van der Waals surface area contributed by atoms with E-state index in [0.29, 0.717) is 6.61 Å². The van der Waals surface area contributed by atoms with Gasteiger partial charge >= 0.3 is 0 Å². The Bertz CT molecular complexity index is 632. The number of methoxy groups -OCH3 is 1. The second-order valence-electron chi connectivity index (χ2n) is 4.78. The SMILES string of the molecule is C=CCOc1ccc(CNCc2ccccc2Cl)cc1OC.Cl. The van der Waals surface area contributed by atoms with Gasteiger partial charge in [-0.1, -0.05) is 48.5 Å². The van der Waals surface area contributed by atoms with Gasteiger partial charge in [0.15, 0.2) is 11.5 Å². The highest BCUT2D eigenvalue weighted by atomic mass is 35.5. The van der Waals surface area contributed by atoms with Crippen LogP contribution in [0.2, 0.25) is 5.02 Å². The summed E-state index contributed by atoms with van der Waals surface area (Å²) >= 11 is 6.14. The molecule has 0 aliphatic carbocycles. The van der Waals surface area contributed by atoms with Crippen molar-refractivity contribution in [1.29, 1.82) is 0 Å². The summed E-state index contributed by atoms with van der Waals surface area (Å²) in [5.41, 5.74) is 2.21. The first kappa shape index (κ1) is 19.4. The highest BCUT2D eigenvalue weighted by molar-refractivity contribution is 6.31. The van der Waals surface area contributed by atoms with Gasteiger partial charge in [-0.05, 0) is 29.3 Å². The van der Waals surface area contributed by atoms with Gasteiger partial charge < -0.3 is 14.8 Å². The number of benzene rings is 2. The molecule has 124 valence electrons. The van der Waals surface area contributed by atoms with Crippen LogP contribution >= 0.6 is 24.0 Å². The fraction of sp³-hybridized carbons (Fsp3) is 0.222. The number of hydrogen-bond acceptors (Lipinski definition) is 3. The Labute approximate surface area is 148 Å². The van der Waals surface area contributed by atoms with Crippen LogP contribution in [-0.4, -0.2) is 13.7 Å². The molecule has 0 spiro atoms. The molecule has 0 atom stereocenters. The molecular formula is C18H21Cl2NO2. The van der Waals surface area contributed by atoms with Gasteiger partial charge in [-0.15, -0.1) is 12.4 Å². The van der Waals surface area contributed by atoms with E-state index in [9.17, 15) is 0 Å². The van der Waals surface area contributed by atoms with E-state index in [4.69, 9.17) is 21.1 Å². The van der Waals surface area contributed by atoms with Crippen LogP contribution in [0.5, 0.6) is 11.5 Å². The van der Waals surface area contributed by atoms with Crippen LogP contribution in [0.1, 0.15) is 11.1 Å². The molecule has 0 saturated carbocycles. The summed E-state index contributed by atoms with van der Waals surface area (Å²) in [7, 11) is 1.64. The molecule has 0 fully saturated rings. The minimum absolute atomic E-state index is 0. The Kier molecular flexibility index (Phi) is 8.56. The van der Waals surface area contributed by atoms with Gasteiger partial charge in [0.1, 0.15) is 6.61 Å². The normalized spacial score (nSPS) is 9.83. The quantitative estimate of drug-likeness (QED) is 0.702. The fourth-order valence-electron chi connectivity index (χ4n) is 2.07. The lowest BCUT2D eigenvalue weighted by Gasteiger charge is -2.12. The molecule has 2 aromatic carbocycles. The Morgan fingerprint density at radius 2 is 1.91 bits per heavy atom. The number of rotatable bonds is 8. The number of nitrogens with one attached hydrogen (secondary N) is 1. The van der Waals surface area contributed by atoms with Gasteiger partial charge in [0.05, 0.1) is 7.11 Å². The largest absolute Gasteiger partial charge is 0.493 e. The first-order valence-corrected chi connectivity index (χ1v) is 7.47. The predicted molar refractivity (Wildman–Crippen MR) is 97.9 cm³/mol. The zero-order valence-electron chi connectivity index (χ0n) is 13.0. The van der Waals surface area contributed by atoms with Gasteiger partial charge in [0.2, 0.25) is 0 Å². The molecule has 0 aliphatic rings. The van der Waals surface area contributed by atoms with Gasteiger partial charge in [0.25, 0.3) is 0 Å². The Morgan fingerprint density at radius 1 is 1.13 bits per heavy atom. The first-order chi connectivity index (χ1) is 10.7. The maximum atomic E-state index is 6.14. The van der Waals surface area contributed by atoms with Crippen molar-refractivity contribution in [2.45, 2.75) is 13.1 Å². The van der Waals surface area contributed by atoms with Crippen LogP contribution in [0.25, 0.3) is 0 Å². The van der Waals surface area contributed by atoms with Gasteiger partial charge in [0, 0.05) is 18.1 Å². The van der Waals surface area contributed by atoms with E-state index in [0.717, 1.165) is 40.7 Å². The highest BCUT2D eigenvalue weighted by Gasteiger charge is 2.05. The van der Waals surface area contributed by atoms with Crippen LogP contribution in [0.4, 0.5) is 0 Å². The van der Waals surface area contributed by atoms with Crippen LogP contribution < -0.4 is 14.8 Å². The fourth-order valence-corrected chi connectivity index (χ4v) is 2.28. The summed E-state index contributed by atoms with van der Waals surface area (Å²) in [4.78, 5) is 0. The highest BCUT2D eigenvalue weighted by Crippen LogP contribution is 2.28. The molecule has 2 rings (SSSR count). The molecule has 0 aromatic heterocycles. The van der Waals surface area contributed by atoms with Gasteiger partial charge in [-0.2, -0.15) is 0 Å². The topological polar surface area (TPSA) is 30.5 Å². The monoisotopic (exact) mass is 353 g/mol. The molecule has 0 heterocycles. The van der Waals surface area contributed by atoms with Crippen molar-refractivity contribution in [3.05, 3.63) is 71.3 Å². The summed E-state index contributed by atoms with van der Waals surface area (Å²) in [6.45, 7) is 5.54. The molecule has 1 N–H and O–H groups in total. The van der Waals surface area contributed by atoms with E-state index in [1.807, 2.05) is 42.5 Å². The number of hydrogen-bond donors (Lipinski definition) is 1. The molecule has 0 bridgehead atoms. The molecule has 0 saturated heterocycles. The minimum atomic E-state index is 0. The first-order valence-electron chi connectivity index (χ1n) is 7.09. The molecule has 0 amide bonds. The third-order valence-electron chi connectivity index (χ3n) is 3.19.